The van der Waals surface area contributed by atoms with Crippen LogP contribution in [-0.2, 0) is 11.3 Å². The molecule has 1 aromatic rings. The van der Waals surface area contributed by atoms with Gasteiger partial charge in [0.05, 0.1) is 12.6 Å². The normalized spacial score (nSPS) is 17.8. The van der Waals surface area contributed by atoms with E-state index in [9.17, 15) is 4.79 Å². The molecule has 3 N–H and O–H groups in total. The average molecular weight is 387 g/mol. The van der Waals surface area contributed by atoms with Gasteiger partial charge in [-0.3, -0.25) is 4.79 Å². The minimum absolute atomic E-state index is 0.179. The Labute approximate surface area is 168 Å². The van der Waals surface area contributed by atoms with E-state index in [0.29, 0.717) is 25.7 Å². The van der Waals surface area contributed by atoms with Gasteiger partial charge in [0.15, 0.2) is 5.96 Å². The number of carbonyl (C=O) groups is 1. The second kappa shape index (κ2) is 10.9. The van der Waals surface area contributed by atoms with Gasteiger partial charge < -0.3 is 20.7 Å². The van der Waals surface area contributed by atoms with Crippen molar-refractivity contribution in [3.8, 4) is 5.75 Å². The summed E-state index contributed by atoms with van der Waals surface area (Å²) in [5.41, 5.74) is 1.13. The molecule has 6 nitrogen and oxygen atoms in total. The summed E-state index contributed by atoms with van der Waals surface area (Å²) < 4.78 is 6.16. The van der Waals surface area contributed by atoms with Gasteiger partial charge in [-0.2, -0.15) is 0 Å². The zero-order chi connectivity index (χ0) is 19.6. The molecule has 0 atom stereocenters. The minimum Gasteiger partial charge on any atom is -0.490 e. The summed E-state index contributed by atoms with van der Waals surface area (Å²) in [5, 5.41) is 9.49. The number of rotatable bonds is 9. The molecular formula is C22H34N4O2. The van der Waals surface area contributed by atoms with E-state index < -0.39 is 0 Å². The van der Waals surface area contributed by atoms with Gasteiger partial charge in [-0.1, -0.05) is 18.6 Å². The second-order valence-corrected chi connectivity index (χ2v) is 7.71. The molecule has 28 heavy (non-hydrogen) atoms. The zero-order valence-electron chi connectivity index (χ0n) is 17.0. The fraction of sp³-hybridized carbons (Fsp3) is 0.636. The van der Waals surface area contributed by atoms with Crippen LogP contribution in [0.5, 0.6) is 5.75 Å². The quantitative estimate of drug-likeness (QED) is 0.346. The molecule has 6 heteroatoms. The van der Waals surface area contributed by atoms with E-state index in [1.54, 1.807) is 0 Å². The number of amides is 1. The van der Waals surface area contributed by atoms with Crippen LogP contribution in [-0.4, -0.2) is 37.6 Å². The van der Waals surface area contributed by atoms with Crippen LogP contribution in [0.4, 0.5) is 0 Å². The van der Waals surface area contributed by atoms with Crippen LogP contribution >= 0.6 is 0 Å². The van der Waals surface area contributed by atoms with Crippen molar-refractivity contribution < 1.29 is 9.53 Å². The second-order valence-electron chi connectivity index (χ2n) is 7.71. The molecule has 3 rings (SSSR count). The molecule has 2 fully saturated rings. The van der Waals surface area contributed by atoms with Crippen molar-refractivity contribution in [2.45, 2.75) is 64.5 Å². The SMILES string of the molecule is CCNC(=NCc1cccc(OC2CCCCC2)c1)NCCNC(=O)C1CC1. The largest absolute Gasteiger partial charge is 0.490 e. The predicted octanol–water partition coefficient (Wildman–Crippen LogP) is 2.98. The highest BCUT2D eigenvalue weighted by molar-refractivity contribution is 5.81. The number of ether oxygens (including phenoxy) is 1. The van der Waals surface area contributed by atoms with Crippen LogP contribution < -0.4 is 20.7 Å². The van der Waals surface area contributed by atoms with Crippen molar-refractivity contribution in [3.63, 3.8) is 0 Å². The lowest BCUT2D eigenvalue weighted by atomic mass is 9.98. The Morgan fingerprint density at radius 3 is 2.61 bits per heavy atom. The molecule has 0 aliphatic heterocycles. The molecule has 0 saturated heterocycles. The maximum absolute atomic E-state index is 11.7. The summed E-state index contributed by atoms with van der Waals surface area (Å²) in [5.74, 6) is 2.14. The van der Waals surface area contributed by atoms with E-state index in [0.717, 1.165) is 49.5 Å². The summed E-state index contributed by atoms with van der Waals surface area (Å²) >= 11 is 0. The number of nitrogens with one attached hydrogen (secondary N) is 3. The van der Waals surface area contributed by atoms with Crippen molar-refractivity contribution in [1.82, 2.24) is 16.0 Å². The van der Waals surface area contributed by atoms with E-state index >= 15 is 0 Å². The number of guanidine groups is 1. The standard InChI is InChI=1S/C22H34N4O2/c1-2-23-22(25-14-13-24-21(27)18-11-12-18)26-16-17-7-6-10-20(15-17)28-19-8-4-3-5-9-19/h6-7,10,15,18-19H,2-5,8-9,11-14,16H2,1H3,(H,24,27)(H2,23,25,26). The van der Waals surface area contributed by atoms with E-state index in [1.165, 1.54) is 19.3 Å². The number of hydrogen-bond donors (Lipinski definition) is 3. The molecule has 0 heterocycles. The number of benzene rings is 1. The van der Waals surface area contributed by atoms with Crippen LogP contribution in [0.1, 0.15) is 57.4 Å². The van der Waals surface area contributed by atoms with E-state index in [-0.39, 0.29) is 11.8 Å². The highest BCUT2D eigenvalue weighted by atomic mass is 16.5. The highest BCUT2D eigenvalue weighted by Crippen LogP contribution is 2.28. The fourth-order valence-corrected chi connectivity index (χ4v) is 3.46. The highest BCUT2D eigenvalue weighted by Gasteiger charge is 2.28. The Hall–Kier alpha value is -2.24. The van der Waals surface area contributed by atoms with Crippen LogP contribution in [0.2, 0.25) is 0 Å². The maximum atomic E-state index is 11.7. The summed E-state index contributed by atoms with van der Waals surface area (Å²) in [4.78, 5) is 16.3. The van der Waals surface area contributed by atoms with Crippen LogP contribution in [0.15, 0.2) is 29.3 Å². The molecule has 1 aromatic carbocycles. The summed E-state index contributed by atoms with van der Waals surface area (Å²) in [6.07, 6.45) is 8.62. The lowest BCUT2D eigenvalue weighted by molar-refractivity contribution is -0.122. The third kappa shape index (κ3) is 7.06. The van der Waals surface area contributed by atoms with Gasteiger partial charge in [-0.15, -0.1) is 0 Å². The molecule has 2 saturated carbocycles. The Morgan fingerprint density at radius 1 is 1.07 bits per heavy atom. The molecule has 2 aliphatic rings. The molecule has 1 amide bonds. The Balaban J connectivity index is 1.45. The molecule has 0 aromatic heterocycles. The predicted molar refractivity (Wildman–Crippen MR) is 112 cm³/mol. The lowest BCUT2D eigenvalue weighted by Crippen LogP contribution is -2.41. The average Bonchev–Trinajstić information content (AvgIpc) is 3.56. The van der Waals surface area contributed by atoms with E-state index in [1.807, 2.05) is 19.1 Å². The van der Waals surface area contributed by atoms with Crippen molar-refractivity contribution >= 4 is 11.9 Å². The van der Waals surface area contributed by atoms with Crippen LogP contribution in [0.3, 0.4) is 0 Å². The molecule has 0 spiro atoms. The van der Waals surface area contributed by atoms with Gasteiger partial charge >= 0.3 is 0 Å². The van der Waals surface area contributed by atoms with Gasteiger partial charge in [0.1, 0.15) is 5.75 Å². The fourth-order valence-electron chi connectivity index (χ4n) is 3.46. The maximum Gasteiger partial charge on any atom is 0.223 e. The zero-order valence-corrected chi connectivity index (χ0v) is 17.0. The monoisotopic (exact) mass is 386 g/mol. The van der Waals surface area contributed by atoms with Crippen molar-refractivity contribution in [1.29, 1.82) is 0 Å². The Bertz CT molecular complexity index is 652. The third-order valence-electron chi connectivity index (χ3n) is 5.18. The summed E-state index contributed by atoms with van der Waals surface area (Å²) in [6.45, 7) is 4.71. The van der Waals surface area contributed by atoms with E-state index in [4.69, 9.17) is 4.74 Å². The molecular weight excluding hydrogens is 352 g/mol. The first-order valence-corrected chi connectivity index (χ1v) is 10.8. The van der Waals surface area contributed by atoms with Gasteiger partial charge in [-0.05, 0) is 63.1 Å². The Kier molecular flexibility index (Phi) is 8.00. The molecule has 154 valence electrons. The summed E-state index contributed by atoms with van der Waals surface area (Å²) in [7, 11) is 0. The lowest BCUT2D eigenvalue weighted by Gasteiger charge is -2.23. The third-order valence-corrected chi connectivity index (χ3v) is 5.18. The molecule has 0 radical (unpaired) electrons. The topological polar surface area (TPSA) is 74.8 Å². The first-order chi connectivity index (χ1) is 13.7. The van der Waals surface area contributed by atoms with Gasteiger partial charge in [0.2, 0.25) is 5.91 Å². The number of hydrogen-bond acceptors (Lipinski definition) is 3. The van der Waals surface area contributed by atoms with Crippen LogP contribution in [0, 0.1) is 5.92 Å². The molecule has 0 bridgehead atoms. The number of nitrogens with zero attached hydrogens (tertiary/aromatic N) is 1. The first kappa shape index (κ1) is 20.5. The van der Waals surface area contributed by atoms with Gasteiger partial charge in [0, 0.05) is 25.6 Å². The molecule has 0 unspecified atom stereocenters. The van der Waals surface area contributed by atoms with Crippen molar-refractivity contribution in [2.75, 3.05) is 19.6 Å². The van der Waals surface area contributed by atoms with Crippen molar-refractivity contribution in [3.05, 3.63) is 29.8 Å². The molecule has 2 aliphatic carbocycles. The first-order valence-electron chi connectivity index (χ1n) is 10.8. The Morgan fingerprint density at radius 2 is 1.86 bits per heavy atom. The minimum atomic E-state index is 0.179. The van der Waals surface area contributed by atoms with E-state index in [2.05, 4.69) is 33.1 Å². The number of carbonyl (C=O) groups excluding carboxylic acids is 1. The van der Waals surface area contributed by atoms with Crippen molar-refractivity contribution in [2.24, 2.45) is 10.9 Å². The van der Waals surface area contributed by atoms with Gasteiger partial charge in [0.25, 0.3) is 0 Å². The number of aliphatic imine (C=N–C) groups is 1. The van der Waals surface area contributed by atoms with Gasteiger partial charge in [-0.25, -0.2) is 4.99 Å². The smallest absolute Gasteiger partial charge is 0.223 e. The van der Waals surface area contributed by atoms with Crippen LogP contribution in [0.25, 0.3) is 0 Å². The summed E-state index contributed by atoms with van der Waals surface area (Å²) in [6, 6.07) is 8.25.